The molecule has 3 heterocycles. The second-order valence-corrected chi connectivity index (χ2v) is 10.4. The molecule has 1 saturated heterocycles. The van der Waals surface area contributed by atoms with Gasteiger partial charge in [0.05, 0.1) is 12.0 Å². The summed E-state index contributed by atoms with van der Waals surface area (Å²) in [5.74, 6) is 0.497. The summed E-state index contributed by atoms with van der Waals surface area (Å²) in [6.45, 7) is 2.75. The number of thioether (sulfide) groups is 1. The minimum atomic E-state index is -0.239. The fourth-order valence-corrected chi connectivity index (χ4v) is 7.22. The van der Waals surface area contributed by atoms with Crippen molar-refractivity contribution in [1.29, 1.82) is 0 Å². The first kappa shape index (κ1) is 17.7. The van der Waals surface area contributed by atoms with Crippen molar-refractivity contribution in [2.24, 2.45) is 5.92 Å². The highest BCUT2D eigenvalue weighted by molar-refractivity contribution is 8.00. The van der Waals surface area contributed by atoms with E-state index in [1.165, 1.54) is 22.2 Å². The average molecular weight is 405 g/mol. The SMILES string of the molecule is C[C@H]1CCc2c(sc3nc(S[C@@H]4CCOC4=O)n(C4CCCC4)c(=O)c23)C1. The van der Waals surface area contributed by atoms with Crippen LogP contribution in [0.1, 0.15) is 61.9 Å². The van der Waals surface area contributed by atoms with Gasteiger partial charge in [-0.25, -0.2) is 4.98 Å². The highest BCUT2D eigenvalue weighted by Gasteiger charge is 2.33. The zero-order valence-corrected chi connectivity index (χ0v) is 17.2. The second-order valence-electron chi connectivity index (χ2n) is 8.10. The van der Waals surface area contributed by atoms with Crippen LogP contribution in [0, 0.1) is 5.92 Å². The van der Waals surface area contributed by atoms with Gasteiger partial charge >= 0.3 is 5.97 Å². The largest absolute Gasteiger partial charge is 0.465 e. The monoisotopic (exact) mass is 404 g/mol. The Hall–Kier alpha value is -1.34. The van der Waals surface area contributed by atoms with Crippen molar-refractivity contribution in [1.82, 2.24) is 9.55 Å². The number of nitrogens with zero attached hydrogens (tertiary/aromatic N) is 2. The van der Waals surface area contributed by atoms with Crippen LogP contribution in [0.2, 0.25) is 0 Å². The fraction of sp³-hybridized carbons (Fsp3) is 0.650. The molecule has 1 aliphatic heterocycles. The number of rotatable bonds is 3. The van der Waals surface area contributed by atoms with Gasteiger partial charge in [-0.05, 0) is 43.6 Å². The van der Waals surface area contributed by atoms with Crippen molar-refractivity contribution in [2.75, 3.05) is 6.61 Å². The van der Waals surface area contributed by atoms with Crippen LogP contribution in [0.15, 0.2) is 9.95 Å². The Bertz CT molecular complexity index is 958. The molecule has 144 valence electrons. The number of hydrogen-bond acceptors (Lipinski definition) is 6. The molecule has 0 amide bonds. The van der Waals surface area contributed by atoms with Crippen molar-refractivity contribution in [3.05, 3.63) is 20.8 Å². The molecule has 3 aliphatic rings. The Morgan fingerprint density at radius 3 is 2.74 bits per heavy atom. The predicted octanol–water partition coefficient (Wildman–Crippen LogP) is 4.11. The molecule has 2 fully saturated rings. The maximum absolute atomic E-state index is 13.6. The van der Waals surface area contributed by atoms with Crippen molar-refractivity contribution < 1.29 is 9.53 Å². The molecule has 5 rings (SSSR count). The van der Waals surface area contributed by atoms with Crippen LogP contribution < -0.4 is 5.56 Å². The van der Waals surface area contributed by atoms with E-state index in [1.807, 2.05) is 4.57 Å². The first-order valence-electron chi connectivity index (χ1n) is 10.0. The number of carbonyl (C=O) groups excluding carboxylic acids is 1. The quantitative estimate of drug-likeness (QED) is 0.569. The van der Waals surface area contributed by atoms with Crippen molar-refractivity contribution in [3.63, 3.8) is 0 Å². The molecule has 2 aromatic rings. The molecule has 0 radical (unpaired) electrons. The third-order valence-electron chi connectivity index (χ3n) is 6.15. The van der Waals surface area contributed by atoms with Crippen molar-refractivity contribution in [3.8, 4) is 0 Å². The summed E-state index contributed by atoms with van der Waals surface area (Å²) in [5.41, 5.74) is 1.36. The molecule has 0 bridgehead atoms. The van der Waals surface area contributed by atoms with E-state index in [4.69, 9.17) is 9.72 Å². The van der Waals surface area contributed by atoms with Gasteiger partial charge in [-0.1, -0.05) is 31.5 Å². The van der Waals surface area contributed by atoms with Crippen LogP contribution in [0.25, 0.3) is 10.2 Å². The summed E-state index contributed by atoms with van der Waals surface area (Å²) in [4.78, 5) is 32.8. The van der Waals surface area contributed by atoms with Gasteiger partial charge in [0, 0.05) is 17.3 Å². The topological polar surface area (TPSA) is 61.2 Å². The van der Waals surface area contributed by atoms with Crippen LogP contribution in [0.4, 0.5) is 0 Å². The highest BCUT2D eigenvalue weighted by atomic mass is 32.2. The predicted molar refractivity (Wildman–Crippen MR) is 108 cm³/mol. The number of ether oxygens (including phenoxy) is 1. The lowest BCUT2D eigenvalue weighted by Gasteiger charge is -2.20. The first-order valence-corrected chi connectivity index (χ1v) is 11.7. The smallest absolute Gasteiger partial charge is 0.319 e. The van der Waals surface area contributed by atoms with Gasteiger partial charge in [0.1, 0.15) is 10.1 Å². The standard InChI is InChI=1S/C20H24N2O3S2/c1-11-6-7-13-15(10-11)26-17-16(13)18(23)22(12-4-2-3-5-12)20(21-17)27-14-8-9-25-19(14)24/h11-12,14H,2-10H2,1H3/t11-,14+/m0/s1. The number of thiophene rings is 1. The minimum absolute atomic E-state index is 0.118. The molecule has 0 unspecified atom stereocenters. The molecule has 5 nitrogen and oxygen atoms in total. The summed E-state index contributed by atoms with van der Waals surface area (Å²) in [6, 6.07) is 0.215. The summed E-state index contributed by atoms with van der Waals surface area (Å²) in [7, 11) is 0. The normalized spacial score (nSPS) is 25.9. The van der Waals surface area contributed by atoms with Crippen LogP contribution in [0.3, 0.4) is 0 Å². The molecule has 0 aromatic carbocycles. The van der Waals surface area contributed by atoms with Crippen LogP contribution >= 0.6 is 23.1 Å². The maximum Gasteiger partial charge on any atom is 0.319 e. The highest BCUT2D eigenvalue weighted by Crippen LogP contribution is 2.39. The number of carbonyl (C=O) groups is 1. The Balaban J connectivity index is 1.66. The number of aromatic nitrogens is 2. The van der Waals surface area contributed by atoms with Gasteiger partial charge in [0.25, 0.3) is 5.56 Å². The lowest BCUT2D eigenvalue weighted by Crippen LogP contribution is -2.28. The van der Waals surface area contributed by atoms with Gasteiger partial charge < -0.3 is 4.74 Å². The third-order valence-corrected chi connectivity index (χ3v) is 8.51. The van der Waals surface area contributed by atoms with Gasteiger partial charge in [0.15, 0.2) is 5.16 Å². The van der Waals surface area contributed by atoms with Crippen molar-refractivity contribution in [2.45, 2.75) is 74.7 Å². The Morgan fingerprint density at radius 2 is 2.00 bits per heavy atom. The second kappa shape index (κ2) is 6.92. The van der Waals surface area contributed by atoms with E-state index in [-0.39, 0.29) is 22.8 Å². The zero-order valence-electron chi connectivity index (χ0n) is 15.5. The summed E-state index contributed by atoms with van der Waals surface area (Å²) >= 11 is 3.12. The number of cyclic esters (lactones) is 1. The first-order chi connectivity index (χ1) is 13.1. The van der Waals surface area contributed by atoms with E-state index in [1.54, 1.807) is 11.3 Å². The van der Waals surface area contributed by atoms with Crippen molar-refractivity contribution >= 4 is 39.3 Å². The van der Waals surface area contributed by atoms with Gasteiger partial charge in [0.2, 0.25) is 0 Å². The average Bonchev–Trinajstić information content (AvgIpc) is 3.35. The molecule has 27 heavy (non-hydrogen) atoms. The summed E-state index contributed by atoms with van der Waals surface area (Å²) in [6.07, 6.45) is 8.25. The molecular formula is C20H24N2O3S2. The van der Waals surface area contributed by atoms with E-state index in [0.29, 0.717) is 18.9 Å². The van der Waals surface area contributed by atoms with Crippen LogP contribution in [-0.2, 0) is 22.4 Å². The van der Waals surface area contributed by atoms with E-state index >= 15 is 0 Å². The lowest BCUT2D eigenvalue weighted by atomic mass is 9.89. The zero-order chi connectivity index (χ0) is 18.5. The van der Waals surface area contributed by atoms with Crippen LogP contribution in [0.5, 0.6) is 0 Å². The fourth-order valence-electron chi connectivity index (χ4n) is 4.66. The molecule has 7 heteroatoms. The Kier molecular flexibility index (Phi) is 4.55. The summed E-state index contributed by atoms with van der Waals surface area (Å²) in [5, 5.41) is 1.33. The number of aryl methyl sites for hydroxylation is 1. The number of esters is 1. The van der Waals surface area contributed by atoms with E-state index in [0.717, 1.165) is 60.3 Å². The van der Waals surface area contributed by atoms with Gasteiger partial charge in [-0.15, -0.1) is 11.3 Å². The van der Waals surface area contributed by atoms with E-state index < -0.39 is 0 Å². The number of hydrogen-bond donors (Lipinski definition) is 0. The minimum Gasteiger partial charge on any atom is -0.465 e. The molecule has 2 aromatic heterocycles. The Morgan fingerprint density at radius 1 is 1.19 bits per heavy atom. The van der Waals surface area contributed by atoms with E-state index in [2.05, 4.69) is 6.92 Å². The molecule has 2 aliphatic carbocycles. The van der Waals surface area contributed by atoms with Gasteiger partial charge in [-0.2, -0.15) is 0 Å². The molecule has 0 N–H and O–H groups in total. The molecule has 1 saturated carbocycles. The third kappa shape index (κ3) is 3.03. The molecule has 2 atom stereocenters. The lowest BCUT2D eigenvalue weighted by molar-refractivity contribution is -0.137. The summed E-state index contributed by atoms with van der Waals surface area (Å²) < 4.78 is 7.05. The van der Waals surface area contributed by atoms with Gasteiger partial charge in [-0.3, -0.25) is 14.2 Å². The maximum atomic E-state index is 13.6. The number of fused-ring (bicyclic) bond motifs is 3. The van der Waals surface area contributed by atoms with E-state index in [9.17, 15) is 9.59 Å². The molecule has 0 spiro atoms. The Labute approximate surface area is 166 Å². The molecular weight excluding hydrogens is 380 g/mol. The van der Waals surface area contributed by atoms with Crippen LogP contribution in [-0.4, -0.2) is 27.4 Å².